The van der Waals surface area contributed by atoms with Crippen LogP contribution in [-0.2, 0) is 67.5 Å². The van der Waals surface area contributed by atoms with Gasteiger partial charge in [-0.1, -0.05) is 38.0 Å². The van der Waals surface area contributed by atoms with Gasteiger partial charge in [0.1, 0.15) is 31.3 Å². The maximum atomic E-state index is 13.4. The molecule has 88 heavy (non-hydrogen) atoms. The zero-order valence-electron chi connectivity index (χ0n) is 50.2. The van der Waals surface area contributed by atoms with Crippen molar-refractivity contribution < 1.29 is 105 Å². The van der Waals surface area contributed by atoms with E-state index in [9.17, 15) is 24.0 Å². The van der Waals surface area contributed by atoms with Crippen molar-refractivity contribution in [2.75, 3.05) is 99.1 Å². The van der Waals surface area contributed by atoms with Crippen LogP contribution in [0.15, 0.2) is 137 Å². The lowest BCUT2D eigenvalue weighted by atomic mass is 10.1. The van der Waals surface area contributed by atoms with E-state index >= 15 is 0 Å². The lowest BCUT2D eigenvalue weighted by Crippen LogP contribution is -2.09. The van der Waals surface area contributed by atoms with Gasteiger partial charge in [-0.05, 0) is 138 Å². The number of carbonyl (C=O) groups is 5. The summed E-state index contributed by atoms with van der Waals surface area (Å²) >= 11 is 0. The molecule has 0 aliphatic carbocycles. The van der Waals surface area contributed by atoms with E-state index in [0.717, 1.165) is 18.2 Å². The SMILES string of the molecule is C=CCOOCCCCOc1ccc(C=CC(=O)Oc2ccc(OC(=O)C=Cc3ccc(OCCCCOC(=O)C=C)c(OCCCCOC(=O)C=C)c3OCCCCOOCC=C)cc2)c(OCCCCOC(=O)C=C)c1OCCCCOOCC=C. The normalized spacial score (nSPS) is 10.8. The van der Waals surface area contributed by atoms with Crippen LogP contribution in [0.4, 0.5) is 0 Å². The van der Waals surface area contributed by atoms with Crippen molar-refractivity contribution in [1.29, 1.82) is 0 Å². The Kier molecular flexibility index (Phi) is 40.7. The fourth-order valence-electron chi connectivity index (χ4n) is 7.00. The molecular formula is C66H84O22. The number of benzene rings is 3. The topological polar surface area (TPSA) is 242 Å². The van der Waals surface area contributed by atoms with Crippen molar-refractivity contribution >= 4 is 42.0 Å². The van der Waals surface area contributed by atoms with Gasteiger partial charge in [0.15, 0.2) is 23.0 Å². The number of esters is 5. The van der Waals surface area contributed by atoms with Crippen molar-refractivity contribution in [2.45, 2.75) is 77.0 Å². The Balaban J connectivity index is 1.82. The van der Waals surface area contributed by atoms with Gasteiger partial charge in [0, 0.05) is 41.5 Å². The molecular weight excluding hydrogens is 1140 g/mol. The molecule has 0 bridgehead atoms. The van der Waals surface area contributed by atoms with Crippen molar-refractivity contribution in [3.8, 4) is 46.0 Å². The molecule has 0 amide bonds. The lowest BCUT2D eigenvalue weighted by Gasteiger charge is -2.19. The highest BCUT2D eigenvalue weighted by Crippen LogP contribution is 2.43. The molecule has 0 aliphatic heterocycles. The van der Waals surface area contributed by atoms with Crippen LogP contribution in [0.1, 0.15) is 88.2 Å². The minimum Gasteiger partial charge on any atom is -0.490 e. The highest BCUT2D eigenvalue weighted by atomic mass is 17.2. The highest BCUT2D eigenvalue weighted by Gasteiger charge is 2.20. The van der Waals surface area contributed by atoms with E-state index < -0.39 is 29.8 Å². The van der Waals surface area contributed by atoms with Gasteiger partial charge in [-0.2, -0.15) is 0 Å². The van der Waals surface area contributed by atoms with Gasteiger partial charge in [0.2, 0.25) is 11.5 Å². The first-order chi connectivity index (χ1) is 43.1. The first kappa shape index (κ1) is 73.7. The summed E-state index contributed by atoms with van der Waals surface area (Å²) in [6.45, 7) is 24.8. The van der Waals surface area contributed by atoms with Gasteiger partial charge < -0.3 is 52.1 Å². The molecule has 0 aliphatic rings. The van der Waals surface area contributed by atoms with E-state index in [1.165, 1.54) is 48.6 Å². The van der Waals surface area contributed by atoms with Gasteiger partial charge >= 0.3 is 29.8 Å². The highest BCUT2D eigenvalue weighted by molar-refractivity contribution is 5.91. The molecule has 3 rings (SSSR count). The first-order valence-corrected chi connectivity index (χ1v) is 29.0. The monoisotopic (exact) mass is 1230 g/mol. The first-order valence-electron chi connectivity index (χ1n) is 29.0. The number of ether oxygens (including phenoxy) is 11. The van der Waals surface area contributed by atoms with Crippen LogP contribution < -0.4 is 37.9 Å². The molecule has 0 unspecified atom stereocenters. The lowest BCUT2D eigenvalue weighted by molar-refractivity contribution is -0.286. The Morgan fingerprint density at radius 2 is 0.591 bits per heavy atom. The second-order valence-corrected chi connectivity index (χ2v) is 18.2. The van der Waals surface area contributed by atoms with Crippen LogP contribution in [0.3, 0.4) is 0 Å². The summed E-state index contributed by atoms with van der Waals surface area (Å²) in [5.41, 5.74) is 0.936. The summed E-state index contributed by atoms with van der Waals surface area (Å²) in [6.07, 6.45) is 20.2. The van der Waals surface area contributed by atoms with Crippen molar-refractivity contribution in [1.82, 2.24) is 0 Å². The molecule has 22 heteroatoms. The number of rotatable bonds is 54. The number of unbranched alkanes of at least 4 members (excludes halogenated alkanes) is 6. The molecule has 0 aromatic heterocycles. The van der Waals surface area contributed by atoms with E-state index in [0.29, 0.717) is 138 Å². The summed E-state index contributed by atoms with van der Waals surface area (Å²) < 4.78 is 64.2. The van der Waals surface area contributed by atoms with Gasteiger partial charge in [-0.3, -0.25) is 0 Å². The van der Waals surface area contributed by atoms with Crippen LogP contribution in [0.5, 0.6) is 46.0 Å². The van der Waals surface area contributed by atoms with E-state index in [4.69, 9.17) is 81.4 Å². The Morgan fingerprint density at radius 1 is 0.307 bits per heavy atom. The average Bonchev–Trinajstić information content (AvgIpc) is 2.79. The molecule has 0 fully saturated rings. The standard InChI is InChI=1S/C66H84O22/c1-7-37-81-84-49-22-19-41-73-57-34-26-52(63(77-45-17-15-43-75-59(68)11-5)66(57)80-48-21-24-51-86-83-39-9-3)27-35-61(70)87-54-29-31-55(32-30-54)88-62(71)36-28-53-25-33-56(72-40-13-14-42-74-58(67)10-4)65(79-47-18-16-44-76-60(69)12-6)64(53)78-46-20-23-50-85-82-38-8-2/h7-12,25-36H,1-6,13-24,37-51H2. The molecule has 0 saturated carbocycles. The molecule has 0 N–H and O–H groups in total. The zero-order chi connectivity index (χ0) is 63.5. The summed E-state index contributed by atoms with van der Waals surface area (Å²) in [6, 6.07) is 12.7. The maximum Gasteiger partial charge on any atom is 0.336 e. The van der Waals surface area contributed by atoms with Gasteiger partial charge in [0.25, 0.3) is 0 Å². The Morgan fingerprint density at radius 3 is 0.898 bits per heavy atom. The fourth-order valence-corrected chi connectivity index (χ4v) is 7.00. The average molecular weight is 1230 g/mol. The Bertz CT molecular complexity index is 2640. The van der Waals surface area contributed by atoms with Gasteiger partial charge in [-0.15, -0.1) is 19.7 Å². The third kappa shape index (κ3) is 33.4. The fraction of sp³-hybridized carbons (Fsp3) is 0.409. The van der Waals surface area contributed by atoms with E-state index in [2.05, 4.69) is 39.5 Å². The molecule has 0 radical (unpaired) electrons. The predicted molar refractivity (Wildman–Crippen MR) is 327 cm³/mol. The van der Waals surface area contributed by atoms with E-state index in [1.54, 1.807) is 42.5 Å². The third-order valence-corrected chi connectivity index (χ3v) is 11.3. The van der Waals surface area contributed by atoms with Crippen LogP contribution in [-0.4, -0.2) is 129 Å². The quantitative estimate of drug-likeness (QED) is 0.00745. The van der Waals surface area contributed by atoms with E-state index in [-0.39, 0.29) is 95.7 Å². The van der Waals surface area contributed by atoms with Crippen LogP contribution in [0.2, 0.25) is 0 Å². The predicted octanol–water partition coefficient (Wildman–Crippen LogP) is 11.5. The molecule has 0 spiro atoms. The molecule has 0 saturated heterocycles. The number of hydrogen-bond acceptors (Lipinski definition) is 22. The van der Waals surface area contributed by atoms with Crippen LogP contribution in [0.25, 0.3) is 12.2 Å². The van der Waals surface area contributed by atoms with Crippen molar-refractivity contribution in [3.05, 3.63) is 148 Å². The smallest absolute Gasteiger partial charge is 0.336 e. The summed E-state index contributed by atoms with van der Waals surface area (Å²) in [5.74, 6) is -0.781. The minimum absolute atomic E-state index is 0.154. The number of carbonyl (C=O) groups excluding carboxylic acids is 5. The van der Waals surface area contributed by atoms with Crippen molar-refractivity contribution in [3.63, 3.8) is 0 Å². The van der Waals surface area contributed by atoms with Crippen LogP contribution in [0, 0.1) is 0 Å². The maximum absolute atomic E-state index is 13.4. The summed E-state index contributed by atoms with van der Waals surface area (Å²) in [4.78, 5) is 92.0. The Labute approximate surface area is 515 Å². The van der Waals surface area contributed by atoms with Crippen LogP contribution >= 0.6 is 0 Å². The summed E-state index contributed by atoms with van der Waals surface area (Å²) in [5, 5.41) is 0. The van der Waals surface area contributed by atoms with E-state index in [1.807, 2.05) is 0 Å². The summed E-state index contributed by atoms with van der Waals surface area (Å²) in [7, 11) is 0. The zero-order valence-corrected chi connectivity index (χ0v) is 50.2. The van der Waals surface area contributed by atoms with Gasteiger partial charge in [0.05, 0.1) is 79.3 Å². The second kappa shape index (κ2) is 48.6. The largest absolute Gasteiger partial charge is 0.490 e. The number of hydrogen-bond donors (Lipinski definition) is 0. The molecule has 0 heterocycles. The van der Waals surface area contributed by atoms with Crippen molar-refractivity contribution in [2.24, 2.45) is 0 Å². The molecule has 3 aromatic carbocycles. The Hall–Kier alpha value is -8.51. The minimum atomic E-state index is -0.735. The van der Waals surface area contributed by atoms with Gasteiger partial charge in [-0.25, -0.2) is 53.3 Å². The molecule has 22 nitrogen and oxygen atoms in total. The molecule has 480 valence electrons. The second-order valence-electron chi connectivity index (χ2n) is 18.2. The third-order valence-electron chi connectivity index (χ3n) is 11.3. The molecule has 0 atom stereocenters. The molecule has 3 aromatic rings.